The van der Waals surface area contributed by atoms with E-state index in [4.69, 9.17) is 0 Å². The SMILES string of the molecule is CCS(=O)(=O)N1CC(CC#N)(n2cc(-c3ncnc4c3ccn4CO)cn2)C1. The molecule has 4 heterocycles. The van der Waals surface area contributed by atoms with E-state index in [1.54, 1.807) is 34.8 Å². The van der Waals surface area contributed by atoms with Crippen molar-refractivity contribution in [2.75, 3.05) is 18.8 Å². The van der Waals surface area contributed by atoms with E-state index in [1.807, 2.05) is 6.07 Å². The first kappa shape index (κ1) is 18.5. The van der Waals surface area contributed by atoms with Crippen molar-refractivity contribution in [3.8, 4) is 17.3 Å². The van der Waals surface area contributed by atoms with Crippen molar-refractivity contribution in [2.24, 2.45) is 0 Å². The summed E-state index contributed by atoms with van der Waals surface area (Å²) in [6, 6.07) is 3.97. The number of hydrogen-bond donors (Lipinski definition) is 1. The highest BCUT2D eigenvalue weighted by molar-refractivity contribution is 7.89. The number of hydrogen-bond acceptors (Lipinski definition) is 7. The van der Waals surface area contributed by atoms with E-state index >= 15 is 0 Å². The Balaban J connectivity index is 1.70. The van der Waals surface area contributed by atoms with Crippen molar-refractivity contribution >= 4 is 21.1 Å². The Morgan fingerprint density at radius 2 is 2.14 bits per heavy atom. The van der Waals surface area contributed by atoms with Gasteiger partial charge in [-0.3, -0.25) is 4.68 Å². The molecule has 4 rings (SSSR count). The number of aromatic nitrogens is 5. The second-order valence-corrected chi connectivity index (χ2v) is 9.05. The zero-order chi connectivity index (χ0) is 19.9. The van der Waals surface area contributed by atoms with Crippen LogP contribution >= 0.6 is 0 Å². The van der Waals surface area contributed by atoms with Crippen LogP contribution in [0.3, 0.4) is 0 Å². The summed E-state index contributed by atoms with van der Waals surface area (Å²) in [7, 11) is -3.30. The fourth-order valence-corrected chi connectivity index (χ4v) is 4.77. The number of nitrogens with zero attached hydrogens (tertiary/aromatic N) is 7. The van der Waals surface area contributed by atoms with Crippen molar-refractivity contribution < 1.29 is 13.5 Å². The molecular weight excluding hydrogens is 382 g/mol. The predicted octanol–water partition coefficient (Wildman–Crippen LogP) is 0.519. The second kappa shape index (κ2) is 6.66. The van der Waals surface area contributed by atoms with Crippen LogP contribution < -0.4 is 0 Å². The second-order valence-electron chi connectivity index (χ2n) is 6.79. The van der Waals surface area contributed by atoms with Crippen molar-refractivity contribution in [3.63, 3.8) is 0 Å². The van der Waals surface area contributed by atoms with Crippen LogP contribution in [0.5, 0.6) is 0 Å². The van der Waals surface area contributed by atoms with Crippen molar-refractivity contribution in [1.29, 1.82) is 5.26 Å². The smallest absolute Gasteiger partial charge is 0.213 e. The lowest BCUT2D eigenvalue weighted by Crippen LogP contribution is -2.64. The third-order valence-electron chi connectivity index (χ3n) is 5.16. The van der Waals surface area contributed by atoms with Gasteiger partial charge in [0.2, 0.25) is 10.0 Å². The first-order valence-electron chi connectivity index (χ1n) is 8.75. The van der Waals surface area contributed by atoms with Crippen LogP contribution in [-0.2, 0) is 22.3 Å². The molecule has 1 N–H and O–H groups in total. The Morgan fingerprint density at radius 3 is 2.82 bits per heavy atom. The van der Waals surface area contributed by atoms with Gasteiger partial charge in [-0.05, 0) is 13.0 Å². The molecule has 0 radical (unpaired) electrons. The molecule has 10 nitrogen and oxygen atoms in total. The molecule has 3 aromatic rings. The number of fused-ring (bicyclic) bond motifs is 1. The van der Waals surface area contributed by atoms with Gasteiger partial charge in [0.25, 0.3) is 0 Å². The van der Waals surface area contributed by atoms with Crippen LogP contribution in [-0.4, -0.2) is 61.0 Å². The van der Waals surface area contributed by atoms with Gasteiger partial charge in [0.1, 0.15) is 24.2 Å². The van der Waals surface area contributed by atoms with Gasteiger partial charge in [0.05, 0.1) is 30.1 Å². The van der Waals surface area contributed by atoms with Crippen molar-refractivity contribution in [2.45, 2.75) is 25.6 Å². The van der Waals surface area contributed by atoms with E-state index in [0.29, 0.717) is 11.3 Å². The molecule has 0 aliphatic carbocycles. The Bertz CT molecular complexity index is 1170. The molecule has 146 valence electrons. The first-order valence-corrected chi connectivity index (χ1v) is 10.4. The topological polar surface area (TPSA) is 130 Å². The average Bonchev–Trinajstić information content (AvgIpc) is 3.31. The van der Waals surface area contributed by atoms with E-state index in [1.165, 1.54) is 10.6 Å². The van der Waals surface area contributed by atoms with E-state index in [9.17, 15) is 18.8 Å². The van der Waals surface area contributed by atoms with Crippen LogP contribution in [0.4, 0.5) is 0 Å². The van der Waals surface area contributed by atoms with Crippen LogP contribution in [0.15, 0.2) is 31.0 Å². The lowest BCUT2D eigenvalue weighted by Gasteiger charge is -2.47. The lowest BCUT2D eigenvalue weighted by molar-refractivity contribution is 0.0719. The third kappa shape index (κ3) is 2.77. The molecule has 11 heteroatoms. The number of aliphatic hydroxyl groups is 1. The van der Waals surface area contributed by atoms with Gasteiger partial charge in [-0.2, -0.15) is 14.7 Å². The molecule has 0 saturated carbocycles. The Labute approximate surface area is 161 Å². The summed E-state index contributed by atoms with van der Waals surface area (Å²) in [6.07, 6.45) is 6.73. The van der Waals surface area contributed by atoms with Crippen molar-refractivity contribution in [1.82, 2.24) is 28.6 Å². The molecule has 0 unspecified atom stereocenters. The third-order valence-corrected chi connectivity index (χ3v) is 6.93. The molecule has 0 atom stereocenters. The van der Waals surface area contributed by atoms with Crippen LogP contribution in [0.2, 0.25) is 0 Å². The Kier molecular flexibility index (Phi) is 4.41. The molecule has 1 fully saturated rings. The van der Waals surface area contributed by atoms with E-state index in [2.05, 4.69) is 21.1 Å². The minimum atomic E-state index is -3.30. The summed E-state index contributed by atoms with van der Waals surface area (Å²) >= 11 is 0. The standard InChI is InChI=1S/C17H19N7O3S/c1-2-28(26,27)23-9-17(10-23,4-5-18)24-8-13(7-21-24)15-14-3-6-22(12-25)16(14)20-11-19-15/h3,6-8,11,25H,2,4,9-10,12H2,1H3. The predicted molar refractivity (Wildman–Crippen MR) is 100 cm³/mol. The largest absolute Gasteiger partial charge is 0.376 e. The zero-order valence-electron chi connectivity index (χ0n) is 15.2. The maximum atomic E-state index is 12.1. The fraction of sp³-hybridized carbons (Fsp3) is 0.412. The first-order chi connectivity index (χ1) is 13.4. The molecule has 0 bridgehead atoms. The number of nitriles is 1. The zero-order valence-corrected chi connectivity index (χ0v) is 16.0. The molecule has 1 aliphatic heterocycles. The summed E-state index contributed by atoms with van der Waals surface area (Å²) in [6.45, 7) is 1.85. The minimum Gasteiger partial charge on any atom is -0.376 e. The summed E-state index contributed by atoms with van der Waals surface area (Å²) in [5, 5.41) is 23.9. The monoisotopic (exact) mass is 401 g/mol. The highest BCUT2D eigenvalue weighted by Crippen LogP contribution is 2.35. The lowest BCUT2D eigenvalue weighted by atomic mass is 9.89. The summed E-state index contributed by atoms with van der Waals surface area (Å²) in [4.78, 5) is 8.55. The Hall–Kier alpha value is -2.81. The number of sulfonamides is 1. The van der Waals surface area contributed by atoms with E-state index in [-0.39, 0.29) is 32.0 Å². The van der Waals surface area contributed by atoms with Gasteiger partial charge in [-0.15, -0.1) is 0 Å². The summed E-state index contributed by atoms with van der Waals surface area (Å²) < 4.78 is 28.8. The molecule has 0 aromatic carbocycles. The van der Waals surface area contributed by atoms with Crippen LogP contribution in [0.25, 0.3) is 22.3 Å². The van der Waals surface area contributed by atoms with E-state index < -0.39 is 15.6 Å². The minimum absolute atomic E-state index is 0.0285. The average molecular weight is 401 g/mol. The number of aliphatic hydroxyl groups excluding tert-OH is 1. The van der Waals surface area contributed by atoms with Gasteiger partial charge >= 0.3 is 0 Å². The maximum Gasteiger partial charge on any atom is 0.213 e. The molecule has 0 amide bonds. The van der Waals surface area contributed by atoms with Gasteiger partial charge in [-0.1, -0.05) is 0 Å². The Morgan fingerprint density at radius 1 is 1.36 bits per heavy atom. The summed E-state index contributed by atoms with van der Waals surface area (Å²) in [5.74, 6) is 0.0285. The van der Waals surface area contributed by atoms with Gasteiger partial charge < -0.3 is 9.67 Å². The molecule has 3 aromatic heterocycles. The number of rotatable bonds is 6. The van der Waals surface area contributed by atoms with Crippen LogP contribution in [0, 0.1) is 11.3 Å². The van der Waals surface area contributed by atoms with Gasteiger partial charge in [-0.25, -0.2) is 18.4 Å². The van der Waals surface area contributed by atoms with Gasteiger partial charge in [0, 0.05) is 36.4 Å². The van der Waals surface area contributed by atoms with Gasteiger partial charge in [0.15, 0.2) is 0 Å². The molecule has 1 saturated heterocycles. The fourth-order valence-electron chi connectivity index (χ4n) is 3.53. The maximum absolute atomic E-state index is 12.1. The van der Waals surface area contributed by atoms with Crippen molar-refractivity contribution in [3.05, 3.63) is 31.0 Å². The molecule has 28 heavy (non-hydrogen) atoms. The molecular formula is C17H19N7O3S. The van der Waals surface area contributed by atoms with Crippen LogP contribution in [0.1, 0.15) is 13.3 Å². The van der Waals surface area contributed by atoms with E-state index in [0.717, 1.165) is 10.9 Å². The molecule has 0 spiro atoms. The highest BCUT2D eigenvalue weighted by Gasteiger charge is 2.49. The quantitative estimate of drug-likeness (QED) is 0.637. The highest BCUT2D eigenvalue weighted by atomic mass is 32.2. The molecule has 1 aliphatic rings. The summed E-state index contributed by atoms with van der Waals surface area (Å²) in [5.41, 5.74) is 1.32. The normalized spacial score (nSPS) is 16.8.